The maximum atomic E-state index is 12.2. The van der Waals surface area contributed by atoms with E-state index in [-0.39, 0.29) is 16.6 Å². The number of carbonyl (C=O) groups is 1. The van der Waals surface area contributed by atoms with E-state index in [0.717, 1.165) is 0 Å². The number of hydrazone groups is 1. The van der Waals surface area contributed by atoms with E-state index < -0.39 is 10.0 Å². The van der Waals surface area contributed by atoms with E-state index in [1.807, 2.05) is 0 Å². The number of amides is 1. The quantitative estimate of drug-likeness (QED) is 0.469. The first-order chi connectivity index (χ1) is 13.3. The Kier molecular flexibility index (Phi) is 5.81. The first-order valence-corrected chi connectivity index (χ1v) is 9.98. The molecule has 0 saturated carbocycles. The van der Waals surface area contributed by atoms with Crippen LogP contribution in [0.2, 0.25) is 5.02 Å². The lowest BCUT2D eigenvalue weighted by molar-refractivity contribution is 0.0996. The highest BCUT2D eigenvalue weighted by atomic mass is 35.5. The predicted octanol–water partition coefficient (Wildman–Crippen LogP) is 3.89. The summed E-state index contributed by atoms with van der Waals surface area (Å²) in [6, 6.07) is 15.8. The van der Waals surface area contributed by atoms with E-state index in [1.54, 1.807) is 43.3 Å². The number of hydrogen-bond acceptors (Lipinski definition) is 5. The Morgan fingerprint density at radius 1 is 1.04 bits per heavy atom. The maximum Gasteiger partial charge on any atom is 0.291 e. The molecule has 1 aromatic heterocycles. The van der Waals surface area contributed by atoms with E-state index in [9.17, 15) is 13.2 Å². The van der Waals surface area contributed by atoms with Crippen LogP contribution in [0.3, 0.4) is 0 Å². The monoisotopic (exact) mass is 417 g/mol. The molecular formula is C19H16ClN3O4S. The largest absolute Gasteiger partial charge is 0.459 e. The molecule has 1 amide bonds. The molecule has 0 aliphatic heterocycles. The van der Waals surface area contributed by atoms with Crippen molar-refractivity contribution in [1.29, 1.82) is 0 Å². The summed E-state index contributed by atoms with van der Waals surface area (Å²) in [5, 5.41) is 7.08. The van der Waals surface area contributed by atoms with Gasteiger partial charge in [-0.15, -0.1) is 0 Å². The molecule has 3 rings (SSSR count). The van der Waals surface area contributed by atoms with Crippen molar-refractivity contribution in [2.24, 2.45) is 5.10 Å². The molecule has 0 aliphatic rings. The normalized spacial score (nSPS) is 11.9. The van der Waals surface area contributed by atoms with Crippen molar-refractivity contribution in [1.82, 2.24) is 4.83 Å². The van der Waals surface area contributed by atoms with Crippen LogP contribution in [-0.4, -0.2) is 20.0 Å². The smallest absolute Gasteiger partial charge is 0.291 e. The second-order valence-electron chi connectivity index (χ2n) is 5.75. The molecule has 0 unspecified atom stereocenters. The summed E-state index contributed by atoms with van der Waals surface area (Å²) in [7, 11) is -3.79. The van der Waals surface area contributed by atoms with Gasteiger partial charge in [0.25, 0.3) is 15.9 Å². The Morgan fingerprint density at radius 3 is 2.32 bits per heavy atom. The van der Waals surface area contributed by atoms with Gasteiger partial charge in [0.05, 0.1) is 16.9 Å². The number of anilines is 1. The van der Waals surface area contributed by atoms with Crippen LogP contribution in [0.1, 0.15) is 23.0 Å². The van der Waals surface area contributed by atoms with Gasteiger partial charge in [-0.2, -0.15) is 18.4 Å². The van der Waals surface area contributed by atoms with Crippen LogP contribution in [0.4, 0.5) is 5.69 Å². The lowest BCUT2D eigenvalue weighted by Crippen LogP contribution is -2.19. The van der Waals surface area contributed by atoms with Gasteiger partial charge >= 0.3 is 0 Å². The Hall–Kier alpha value is -3.10. The Balaban J connectivity index is 1.67. The van der Waals surface area contributed by atoms with Gasteiger partial charge in [-0.3, -0.25) is 4.79 Å². The molecule has 0 aliphatic carbocycles. The fourth-order valence-electron chi connectivity index (χ4n) is 2.25. The molecule has 0 spiro atoms. The fourth-order valence-corrected chi connectivity index (χ4v) is 3.24. The van der Waals surface area contributed by atoms with Gasteiger partial charge in [0, 0.05) is 10.7 Å². The van der Waals surface area contributed by atoms with Gasteiger partial charge in [-0.25, -0.2) is 0 Å². The number of carbonyl (C=O) groups excluding carboxylic acids is 1. The molecule has 0 atom stereocenters. The summed E-state index contributed by atoms with van der Waals surface area (Å²) in [4.78, 5) is 14.2. The van der Waals surface area contributed by atoms with Crippen molar-refractivity contribution < 1.29 is 17.6 Å². The number of halogens is 1. The van der Waals surface area contributed by atoms with Crippen LogP contribution in [0, 0.1) is 0 Å². The molecule has 9 heteroatoms. The molecule has 0 radical (unpaired) electrons. The van der Waals surface area contributed by atoms with Crippen LogP contribution in [0.25, 0.3) is 0 Å². The third kappa shape index (κ3) is 4.79. The average Bonchev–Trinajstić information content (AvgIpc) is 3.22. The van der Waals surface area contributed by atoms with E-state index in [2.05, 4.69) is 15.2 Å². The number of rotatable bonds is 6. The third-order valence-corrected chi connectivity index (χ3v) is 5.24. The molecule has 0 fully saturated rings. The number of benzene rings is 2. The Labute approximate surface area is 167 Å². The summed E-state index contributed by atoms with van der Waals surface area (Å²) in [5.41, 5.74) is 1.72. The second-order valence-corrected chi connectivity index (χ2v) is 7.85. The highest BCUT2D eigenvalue weighted by Crippen LogP contribution is 2.15. The summed E-state index contributed by atoms with van der Waals surface area (Å²) < 4.78 is 29.5. The number of furan rings is 1. The van der Waals surface area contributed by atoms with Gasteiger partial charge in [-0.1, -0.05) is 23.7 Å². The summed E-state index contributed by atoms with van der Waals surface area (Å²) in [6.07, 6.45) is 1.42. The molecule has 2 N–H and O–H groups in total. The molecule has 0 saturated heterocycles. The minimum atomic E-state index is -3.79. The molecular weight excluding hydrogens is 402 g/mol. The van der Waals surface area contributed by atoms with Crippen LogP contribution in [0.15, 0.2) is 81.3 Å². The zero-order valence-electron chi connectivity index (χ0n) is 14.7. The van der Waals surface area contributed by atoms with Crippen LogP contribution in [0.5, 0.6) is 0 Å². The maximum absolute atomic E-state index is 12.2. The zero-order valence-corrected chi connectivity index (χ0v) is 16.3. The van der Waals surface area contributed by atoms with Crippen molar-refractivity contribution in [3.63, 3.8) is 0 Å². The van der Waals surface area contributed by atoms with Crippen molar-refractivity contribution >= 4 is 38.9 Å². The fraction of sp³-hybridized carbons (Fsp3) is 0.0526. The third-order valence-electron chi connectivity index (χ3n) is 3.76. The predicted molar refractivity (Wildman–Crippen MR) is 107 cm³/mol. The first-order valence-electron chi connectivity index (χ1n) is 8.12. The van der Waals surface area contributed by atoms with Gasteiger partial charge in [-0.05, 0) is 61.0 Å². The van der Waals surface area contributed by atoms with Gasteiger partial charge in [0.1, 0.15) is 0 Å². The standard InChI is InChI=1S/C19H16ClN3O4S/c1-13(22-23-28(25,26)17-10-6-15(20)7-11-17)14-4-8-16(9-5-14)21-19(24)18-3-2-12-27-18/h2-12,23H,1H3,(H,21,24). The van der Waals surface area contributed by atoms with E-state index in [1.165, 1.54) is 30.5 Å². The van der Waals surface area contributed by atoms with Crippen molar-refractivity contribution in [2.45, 2.75) is 11.8 Å². The summed E-state index contributed by atoms with van der Waals surface area (Å²) in [5.74, 6) is -0.155. The number of sulfonamides is 1. The molecule has 144 valence electrons. The highest BCUT2D eigenvalue weighted by molar-refractivity contribution is 7.89. The minimum Gasteiger partial charge on any atom is -0.459 e. The Morgan fingerprint density at radius 2 is 1.71 bits per heavy atom. The molecule has 0 bridgehead atoms. The average molecular weight is 418 g/mol. The number of nitrogens with one attached hydrogen (secondary N) is 2. The topological polar surface area (TPSA) is 101 Å². The summed E-state index contributed by atoms with van der Waals surface area (Å²) in [6.45, 7) is 1.67. The van der Waals surface area contributed by atoms with E-state index in [0.29, 0.717) is 22.0 Å². The van der Waals surface area contributed by atoms with Crippen molar-refractivity contribution in [3.8, 4) is 0 Å². The molecule has 1 heterocycles. The summed E-state index contributed by atoms with van der Waals surface area (Å²) >= 11 is 5.77. The number of nitrogens with zero attached hydrogens (tertiary/aromatic N) is 1. The zero-order chi connectivity index (χ0) is 20.1. The second kappa shape index (κ2) is 8.28. The SMILES string of the molecule is CC(=NNS(=O)(=O)c1ccc(Cl)cc1)c1ccc(NC(=O)c2ccco2)cc1. The van der Waals surface area contributed by atoms with E-state index in [4.69, 9.17) is 16.0 Å². The van der Waals surface area contributed by atoms with Crippen molar-refractivity contribution in [3.05, 3.63) is 83.3 Å². The van der Waals surface area contributed by atoms with Gasteiger partial charge < -0.3 is 9.73 Å². The molecule has 28 heavy (non-hydrogen) atoms. The van der Waals surface area contributed by atoms with E-state index >= 15 is 0 Å². The highest BCUT2D eigenvalue weighted by Gasteiger charge is 2.13. The van der Waals surface area contributed by atoms with Gasteiger partial charge in [0.15, 0.2) is 5.76 Å². The first kappa shape index (κ1) is 19.7. The Bertz CT molecular complexity index is 1090. The molecule has 7 nitrogen and oxygen atoms in total. The lowest BCUT2D eigenvalue weighted by atomic mass is 10.1. The van der Waals surface area contributed by atoms with Crippen molar-refractivity contribution in [2.75, 3.05) is 5.32 Å². The molecule has 3 aromatic rings. The van der Waals surface area contributed by atoms with Crippen LogP contribution in [-0.2, 0) is 10.0 Å². The van der Waals surface area contributed by atoms with Crippen LogP contribution < -0.4 is 10.1 Å². The van der Waals surface area contributed by atoms with Gasteiger partial charge in [0.2, 0.25) is 0 Å². The lowest BCUT2D eigenvalue weighted by Gasteiger charge is -2.07. The number of hydrogen-bond donors (Lipinski definition) is 2. The minimum absolute atomic E-state index is 0.0597. The molecule has 2 aromatic carbocycles. The van der Waals surface area contributed by atoms with Crippen LogP contribution >= 0.6 is 11.6 Å².